The van der Waals surface area contributed by atoms with Gasteiger partial charge in [-0.05, 0) is 85.2 Å². The van der Waals surface area contributed by atoms with E-state index in [1.807, 2.05) is 0 Å². The Labute approximate surface area is 108 Å². The highest BCUT2D eigenvalue weighted by Crippen LogP contribution is 2.61. The predicted octanol–water partition coefficient (Wildman–Crippen LogP) is 4.92. The minimum absolute atomic E-state index is 0.438. The molecule has 0 amide bonds. The number of rotatable bonds is 0. The SMILES string of the molecule is CC12CCC(C)(C1)c1cc(Br)c(Br)cc12. The molecule has 2 aliphatic carbocycles. The lowest BCUT2D eigenvalue weighted by atomic mass is 9.78. The minimum Gasteiger partial charge on any atom is -0.0555 e. The second-order valence-electron chi connectivity index (χ2n) is 5.61. The zero-order valence-corrected chi connectivity index (χ0v) is 12.2. The van der Waals surface area contributed by atoms with E-state index in [1.165, 1.54) is 28.2 Å². The van der Waals surface area contributed by atoms with Crippen molar-refractivity contribution < 1.29 is 0 Å². The van der Waals surface area contributed by atoms with E-state index < -0.39 is 0 Å². The van der Waals surface area contributed by atoms with E-state index in [1.54, 1.807) is 11.1 Å². The molecule has 0 heterocycles. The Balaban J connectivity index is 2.30. The summed E-state index contributed by atoms with van der Waals surface area (Å²) in [6.07, 6.45) is 4.04. The van der Waals surface area contributed by atoms with Gasteiger partial charge in [-0.1, -0.05) is 13.8 Å². The summed E-state index contributed by atoms with van der Waals surface area (Å²) in [5.74, 6) is 0. The molecule has 0 nitrogen and oxygen atoms in total. The summed E-state index contributed by atoms with van der Waals surface area (Å²) in [5, 5.41) is 0. The first-order chi connectivity index (χ1) is 6.95. The maximum absolute atomic E-state index is 3.62. The Hall–Kier alpha value is 0.180. The molecule has 0 saturated heterocycles. The van der Waals surface area contributed by atoms with Crippen molar-refractivity contribution in [2.45, 2.75) is 43.9 Å². The lowest BCUT2D eigenvalue weighted by molar-refractivity contribution is 0.484. The van der Waals surface area contributed by atoms with Gasteiger partial charge in [0.2, 0.25) is 0 Å². The van der Waals surface area contributed by atoms with Gasteiger partial charge in [0.1, 0.15) is 0 Å². The van der Waals surface area contributed by atoms with Crippen LogP contribution in [0.4, 0.5) is 0 Å². The minimum atomic E-state index is 0.438. The Morgan fingerprint density at radius 1 is 0.933 bits per heavy atom. The summed E-state index contributed by atoms with van der Waals surface area (Å²) >= 11 is 7.23. The van der Waals surface area contributed by atoms with Crippen LogP contribution in [0.25, 0.3) is 0 Å². The predicted molar refractivity (Wildman–Crippen MR) is 70.4 cm³/mol. The fraction of sp³-hybridized carbons (Fsp3) is 0.538. The van der Waals surface area contributed by atoms with E-state index in [0.29, 0.717) is 10.8 Å². The van der Waals surface area contributed by atoms with Gasteiger partial charge in [-0.15, -0.1) is 0 Å². The van der Waals surface area contributed by atoms with Gasteiger partial charge >= 0.3 is 0 Å². The molecule has 2 atom stereocenters. The van der Waals surface area contributed by atoms with E-state index in [0.717, 1.165) is 0 Å². The zero-order valence-electron chi connectivity index (χ0n) is 9.03. The smallest absolute Gasteiger partial charge is 0.0320 e. The molecule has 0 radical (unpaired) electrons. The van der Waals surface area contributed by atoms with Crippen molar-refractivity contribution in [1.29, 1.82) is 0 Å². The molecule has 3 rings (SSSR count). The highest BCUT2D eigenvalue weighted by molar-refractivity contribution is 9.13. The molecule has 2 bridgehead atoms. The maximum atomic E-state index is 3.62. The number of hydrogen-bond acceptors (Lipinski definition) is 0. The molecule has 15 heavy (non-hydrogen) atoms. The second-order valence-corrected chi connectivity index (χ2v) is 7.32. The Bertz CT molecular complexity index is 411. The summed E-state index contributed by atoms with van der Waals surface area (Å²) < 4.78 is 2.39. The molecule has 80 valence electrons. The normalized spacial score (nSPS) is 37.1. The topological polar surface area (TPSA) is 0 Å². The number of halogens is 2. The third-order valence-corrected chi connectivity index (χ3v) is 6.21. The van der Waals surface area contributed by atoms with Gasteiger partial charge in [-0.25, -0.2) is 0 Å². The first kappa shape index (κ1) is 10.3. The van der Waals surface area contributed by atoms with E-state index >= 15 is 0 Å². The molecule has 0 aliphatic heterocycles. The van der Waals surface area contributed by atoms with Gasteiger partial charge in [0, 0.05) is 8.95 Å². The Morgan fingerprint density at radius 2 is 1.33 bits per heavy atom. The molecule has 0 aromatic heterocycles. The van der Waals surface area contributed by atoms with E-state index in [4.69, 9.17) is 0 Å². The van der Waals surface area contributed by atoms with Crippen LogP contribution >= 0.6 is 31.9 Å². The third-order valence-electron chi connectivity index (χ3n) is 4.37. The van der Waals surface area contributed by atoms with Crippen molar-refractivity contribution >= 4 is 31.9 Å². The van der Waals surface area contributed by atoms with Crippen molar-refractivity contribution in [1.82, 2.24) is 0 Å². The van der Waals surface area contributed by atoms with Crippen LogP contribution in [0.1, 0.15) is 44.2 Å². The fourth-order valence-electron chi connectivity index (χ4n) is 3.60. The van der Waals surface area contributed by atoms with Crippen LogP contribution in [0.3, 0.4) is 0 Å². The van der Waals surface area contributed by atoms with Gasteiger partial charge in [-0.3, -0.25) is 0 Å². The van der Waals surface area contributed by atoms with Crippen LogP contribution in [0, 0.1) is 0 Å². The standard InChI is InChI=1S/C13H14Br2/c1-12-3-4-13(2,7-12)9-6-11(15)10(14)5-8(9)12/h5-6H,3-4,7H2,1-2H3. The van der Waals surface area contributed by atoms with Crippen molar-refractivity contribution in [2.24, 2.45) is 0 Å². The molecule has 0 spiro atoms. The average molecular weight is 330 g/mol. The maximum Gasteiger partial charge on any atom is 0.0320 e. The largest absolute Gasteiger partial charge is 0.0555 e. The molecule has 1 saturated carbocycles. The van der Waals surface area contributed by atoms with Gasteiger partial charge in [0.05, 0.1) is 0 Å². The summed E-state index contributed by atoms with van der Waals surface area (Å²) in [6.45, 7) is 4.84. The molecule has 1 aromatic carbocycles. The summed E-state index contributed by atoms with van der Waals surface area (Å²) in [4.78, 5) is 0. The Morgan fingerprint density at radius 3 is 1.73 bits per heavy atom. The lowest BCUT2D eigenvalue weighted by Crippen LogP contribution is -2.17. The molecule has 2 aliphatic rings. The molecule has 0 N–H and O–H groups in total. The van der Waals surface area contributed by atoms with Crippen LogP contribution in [0.15, 0.2) is 21.1 Å². The van der Waals surface area contributed by atoms with Crippen molar-refractivity contribution in [3.63, 3.8) is 0 Å². The Kier molecular flexibility index (Phi) is 1.99. The highest BCUT2D eigenvalue weighted by atomic mass is 79.9. The number of hydrogen-bond donors (Lipinski definition) is 0. The summed E-state index contributed by atoms with van der Waals surface area (Å²) in [5.41, 5.74) is 4.03. The lowest BCUT2D eigenvalue weighted by Gasteiger charge is -2.27. The van der Waals surface area contributed by atoms with Crippen molar-refractivity contribution in [3.8, 4) is 0 Å². The van der Waals surface area contributed by atoms with E-state index in [-0.39, 0.29) is 0 Å². The van der Waals surface area contributed by atoms with Crippen molar-refractivity contribution in [3.05, 3.63) is 32.2 Å². The molecule has 1 aromatic rings. The fourth-order valence-corrected chi connectivity index (χ4v) is 4.28. The third kappa shape index (κ3) is 1.24. The first-order valence-corrected chi connectivity index (χ1v) is 7.03. The monoisotopic (exact) mass is 328 g/mol. The van der Waals surface area contributed by atoms with Crippen LogP contribution in [0.2, 0.25) is 0 Å². The van der Waals surface area contributed by atoms with Gasteiger partial charge < -0.3 is 0 Å². The van der Waals surface area contributed by atoms with Gasteiger partial charge in [-0.2, -0.15) is 0 Å². The van der Waals surface area contributed by atoms with Crippen LogP contribution < -0.4 is 0 Å². The van der Waals surface area contributed by atoms with Crippen LogP contribution in [-0.2, 0) is 10.8 Å². The van der Waals surface area contributed by atoms with Gasteiger partial charge in [0.25, 0.3) is 0 Å². The first-order valence-electron chi connectivity index (χ1n) is 5.45. The molecule has 2 heteroatoms. The molecular weight excluding hydrogens is 316 g/mol. The second kappa shape index (κ2) is 2.89. The van der Waals surface area contributed by atoms with Crippen LogP contribution in [0.5, 0.6) is 0 Å². The number of fused-ring (bicyclic) bond motifs is 5. The molecule has 1 fully saturated rings. The van der Waals surface area contributed by atoms with Crippen LogP contribution in [-0.4, -0.2) is 0 Å². The summed E-state index contributed by atoms with van der Waals surface area (Å²) in [7, 11) is 0. The molecular formula is C13H14Br2. The van der Waals surface area contributed by atoms with Gasteiger partial charge in [0.15, 0.2) is 0 Å². The molecule has 2 unspecified atom stereocenters. The summed E-state index contributed by atoms with van der Waals surface area (Å²) in [6, 6.07) is 4.65. The van der Waals surface area contributed by atoms with E-state index in [2.05, 4.69) is 57.8 Å². The number of benzene rings is 1. The quantitative estimate of drug-likeness (QED) is 0.633. The highest BCUT2D eigenvalue weighted by Gasteiger charge is 2.52. The van der Waals surface area contributed by atoms with E-state index in [9.17, 15) is 0 Å². The average Bonchev–Trinajstić information content (AvgIpc) is 2.57. The van der Waals surface area contributed by atoms with Crippen molar-refractivity contribution in [2.75, 3.05) is 0 Å². The zero-order chi connectivity index (χ0) is 10.8.